The molecule has 0 bridgehead atoms. The van der Waals surface area contributed by atoms with Crippen molar-refractivity contribution in [1.29, 1.82) is 0 Å². The zero-order valence-corrected chi connectivity index (χ0v) is 20.6. The zero-order valence-electron chi connectivity index (χ0n) is 18.2. The monoisotopic (exact) mass is 507 g/mol. The molecule has 174 valence electrons. The molecule has 0 fully saturated rings. The van der Waals surface area contributed by atoms with Gasteiger partial charge in [-0.15, -0.1) is 11.3 Å². The second-order valence-electron chi connectivity index (χ2n) is 7.98. The molecular formula is C24H24ClF2N3OS2. The van der Waals surface area contributed by atoms with Crippen LogP contribution >= 0.6 is 34.9 Å². The summed E-state index contributed by atoms with van der Waals surface area (Å²) in [5, 5.41) is 2.17. The Kier molecular flexibility index (Phi) is 7.90. The smallest absolute Gasteiger partial charge is 0.147 e. The first-order chi connectivity index (χ1) is 15.9. The lowest BCUT2D eigenvalue weighted by Crippen LogP contribution is -2.40. The number of nitrogens with one attached hydrogen (secondary N) is 1. The number of hydrogen-bond donors (Lipinski definition) is 1. The summed E-state index contributed by atoms with van der Waals surface area (Å²) in [6, 6.07) is 9.63. The fourth-order valence-corrected chi connectivity index (χ4v) is 5.51. The van der Waals surface area contributed by atoms with E-state index in [4.69, 9.17) is 16.3 Å². The largest absolute Gasteiger partial charge is 0.491 e. The van der Waals surface area contributed by atoms with Gasteiger partial charge in [0.05, 0.1) is 22.0 Å². The van der Waals surface area contributed by atoms with Gasteiger partial charge >= 0.3 is 0 Å². The third-order valence-corrected chi connectivity index (χ3v) is 7.36. The van der Waals surface area contributed by atoms with E-state index in [1.165, 1.54) is 29.5 Å². The van der Waals surface area contributed by atoms with Gasteiger partial charge in [0, 0.05) is 23.4 Å². The molecule has 9 heteroatoms. The summed E-state index contributed by atoms with van der Waals surface area (Å²) >= 11 is 9.00. The van der Waals surface area contributed by atoms with Gasteiger partial charge in [0.1, 0.15) is 23.2 Å². The van der Waals surface area contributed by atoms with Crippen molar-refractivity contribution in [3.63, 3.8) is 0 Å². The number of nitrogens with zero attached hydrogens (tertiary/aromatic N) is 2. The molecule has 2 aromatic carbocycles. The molecule has 0 radical (unpaired) electrons. The molecule has 4 nitrogen and oxygen atoms in total. The second-order valence-corrected chi connectivity index (χ2v) is 9.96. The van der Waals surface area contributed by atoms with Crippen molar-refractivity contribution < 1.29 is 13.5 Å². The summed E-state index contributed by atoms with van der Waals surface area (Å²) in [4.78, 5) is 6.65. The Bertz CT molecular complexity index is 1110. The van der Waals surface area contributed by atoms with Crippen molar-refractivity contribution in [2.24, 2.45) is 5.92 Å². The fraction of sp³-hybridized carbons (Fsp3) is 0.292. The van der Waals surface area contributed by atoms with E-state index in [0.717, 1.165) is 35.9 Å². The molecule has 2 atom stereocenters. The summed E-state index contributed by atoms with van der Waals surface area (Å²) in [5.74, 6) is 0.293. The van der Waals surface area contributed by atoms with E-state index >= 15 is 0 Å². The van der Waals surface area contributed by atoms with Crippen LogP contribution in [0.3, 0.4) is 0 Å². The molecule has 2 unspecified atom stereocenters. The quantitative estimate of drug-likeness (QED) is 0.332. The molecule has 4 rings (SSSR count). The van der Waals surface area contributed by atoms with Gasteiger partial charge in [-0.3, -0.25) is 0 Å². The zero-order chi connectivity index (χ0) is 23.4. The highest BCUT2D eigenvalue weighted by Gasteiger charge is 2.31. The van der Waals surface area contributed by atoms with Crippen molar-refractivity contribution in [3.05, 3.63) is 75.6 Å². The summed E-state index contributed by atoms with van der Waals surface area (Å²) in [6.45, 7) is 0.328. The molecule has 0 amide bonds. The van der Waals surface area contributed by atoms with Crippen LogP contribution < -0.4 is 9.46 Å². The van der Waals surface area contributed by atoms with Crippen LogP contribution in [0.1, 0.15) is 18.4 Å². The Morgan fingerprint density at radius 3 is 2.73 bits per heavy atom. The number of anilines is 1. The maximum Gasteiger partial charge on any atom is 0.147 e. The molecule has 1 heterocycles. The standard InChI is InChI=1S/C24H24ClF2N3OS2/c1-30(2)21-5-3-4-17(15-6-8-16(26)9-7-15)18(21)12-31-22-11-20(27)23(10-19(22)25)33-29-24-13-32-14-28-24/h4,6-11,13-14,18,21,29H,3,5,12H2,1-2H3. The molecule has 1 aliphatic rings. The first-order valence-corrected chi connectivity index (χ1v) is 12.6. The van der Waals surface area contributed by atoms with Crippen molar-refractivity contribution in [2.75, 3.05) is 25.4 Å². The molecule has 1 N–H and O–H groups in total. The van der Waals surface area contributed by atoms with Crippen molar-refractivity contribution in [1.82, 2.24) is 9.88 Å². The third kappa shape index (κ3) is 5.87. The summed E-state index contributed by atoms with van der Waals surface area (Å²) in [5.41, 5.74) is 3.77. The number of halogens is 3. The Hall–Kier alpha value is -2.13. The first kappa shape index (κ1) is 24.0. The topological polar surface area (TPSA) is 37.4 Å². The van der Waals surface area contributed by atoms with E-state index in [1.807, 2.05) is 19.5 Å². The maximum absolute atomic E-state index is 14.7. The van der Waals surface area contributed by atoms with Gasteiger partial charge in [-0.05, 0) is 68.2 Å². The minimum absolute atomic E-state index is 0.0266. The lowest BCUT2D eigenvalue weighted by molar-refractivity contribution is 0.168. The van der Waals surface area contributed by atoms with E-state index in [1.54, 1.807) is 23.7 Å². The molecule has 1 aliphatic carbocycles. The van der Waals surface area contributed by atoms with E-state index < -0.39 is 5.82 Å². The Morgan fingerprint density at radius 2 is 2.03 bits per heavy atom. The summed E-state index contributed by atoms with van der Waals surface area (Å²) in [6.07, 6.45) is 4.10. The molecule has 3 aromatic rings. The van der Waals surface area contributed by atoms with Crippen molar-refractivity contribution in [2.45, 2.75) is 23.8 Å². The lowest BCUT2D eigenvalue weighted by Gasteiger charge is -2.37. The number of thiazole rings is 1. The third-order valence-electron chi connectivity index (χ3n) is 5.63. The van der Waals surface area contributed by atoms with Crippen LogP contribution in [0.5, 0.6) is 5.75 Å². The highest BCUT2D eigenvalue weighted by Crippen LogP contribution is 2.37. The van der Waals surface area contributed by atoms with Crippen LogP contribution in [0.25, 0.3) is 5.57 Å². The highest BCUT2D eigenvalue weighted by molar-refractivity contribution is 8.00. The first-order valence-electron chi connectivity index (χ1n) is 10.5. The molecule has 0 spiro atoms. The Morgan fingerprint density at radius 1 is 1.24 bits per heavy atom. The molecule has 0 saturated heterocycles. The fourth-order valence-electron chi connectivity index (χ4n) is 4.01. The predicted molar refractivity (Wildman–Crippen MR) is 133 cm³/mol. The summed E-state index contributed by atoms with van der Waals surface area (Å²) in [7, 11) is 4.08. The Balaban J connectivity index is 1.51. The number of benzene rings is 2. The highest BCUT2D eigenvalue weighted by atomic mass is 35.5. The molecule has 0 saturated carbocycles. The second kappa shape index (κ2) is 10.9. The average Bonchev–Trinajstić information content (AvgIpc) is 3.32. The van der Waals surface area contributed by atoms with Crippen LogP contribution in [0.2, 0.25) is 5.02 Å². The minimum atomic E-state index is -0.427. The minimum Gasteiger partial charge on any atom is -0.491 e. The van der Waals surface area contributed by atoms with Gasteiger partial charge in [-0.1, -0.05) is 29.8 Å². The van der Waals surface area contributed by atoms with Gasteiger partial charge < -0.3 is 14.4 Å². The van der Waals surface area contributed by atoms with Crippen LogP contribution in [0.15, 0.2) is 58.3 Å². The number of ether oxygens (including phenoxy) is 1. The average molecular weight is 508 g/mol. The predicted octanol–water partition coefficient (Wildman–Crippen LogP) is 7.00. The number of hydrogen-bond acceptors (Lipinski definition) is 6. The van der Waals surface area contributed by atoms with Crippen LogP contribution in [0.4, 0.5) is 14.6 Å². The number of aromatic nitrogens is 1. The lowest BCUT2D eigenvalue weighted by atomic mass is 9.80. The molecule has 1 aromatic heterocycles. The Labute approximate surface area is 205 Å². The normalized spacial score (nSPS) is 18.3. The summed E-state index contributed by atoms with van der Waals surface area (Å²) < 4.78 is 37.3. The van der Waals surface area contributed by atoms with E-state index in [0.29, 0.717) is 28.1 Å². The van der Waals surface area contributed by atoms with Crippen LogP contribution in [-0.2, 0) is 0 Å². The van der Waals surface area contributed by atoms with E-state index in [2.05, 4.69) is 20.7 Å². The van der Waals surface area contributed by atoms with Gasteiger partial charge in [0.25, 0.3) is 0 Å². The number of rotatable bonds is 8. The van der Waals surface area contributed by atoms with Crippen LogP contribution in [0, 0.1) is 17.6 Å². The van der Waals surface area contributed by atoms with Gasteiger partial charge in [-0.2, -0.15) is 0 Å². The molecular weight excluding hydrogens is 484 g/mol. The van der Waals surface area contributed by atoms with Gasteiger partial charge in [-0.25, -0.2) is 13.8 Å². The van der Waals surface area contributed by atoms with Crippen molar-refractivity contribution >= 4 is 46.3 Å². The number of allylic oxidation sites excluding steroid dienone is 1. The van der Waals surface area contributed by atoms with Crippen molar-refractivity contribution in [3.8, 4) is 5.75 Å². The van der Waals surface area contributed by atoms with Gasteiger partial charge in [0.15, 0.2) is 0 Å². The van der Waals surface area contributed by atoms with Gasteiger partial charge in [0.2, 0.25) is 0 Å². The molecule has 0 aliphatic heterocycles. The molecule has 33 heavy (non-hydrogen) atoms. The van der Waals surface area contributed by atoms with Crippen LogP contribution in [-0.4, -0.2) is 36.6 Å². The maximum atomic E-state index is 14.7. The SMILES string of the molecule is CN(C)C1CCC=C(c2ccc(F)cc2)C1COc1cc(F)c(SNc2cscn2)cc1Cl. The van der Waals surface area contributed by atoms with E-state index in [9.17, 15) is 8.78 Å². The van der Waals surface area contributed by atoms with E-state index in [-0.39, 0.29) is 17.8 Å².